The molecule has 10 unspecified atom stereocenters. The molecular formula is C24H32. The lowest BCUT2D eigenvalue weighted by Gasteiger charge is -2.28. The van der Waals surface area contributed by atoms with Crippen LogP contribution in [-0.4, -0.2) is 0 Å². The molecule has 8 aliphatic rings. The summed E-state index contributed by atoms with van der Waals surface area (Å²) in [5.41, 5.74) is 3.84. The van der Waals surface area contributed by atoms with Crippen molar-refractivity contribution in [3.63, 3.8) is 0 Å². The van der Waals surface area contributed by atoms with Crippen LogP contribution >= 0.6 is 0 Å². The fourth-order valence-electron chi connectivity index (χ4n) is 8.15. The van der Waals surface area contributed by atoms with Crippen LogP contribution in [0.1, 0.15) is 64.2 Å². The van der Waals surface area contributed by atoms with Crippen molar-refractivity contribution < 1.29 is 0 Å². The van der Waals surface area contributed by atoms with Gasteiger partial charge in [0.1, 0.15) is 0 Å². The van der Waals surface area contributed by atoms with E-state index in [1.165, 1.54) is 74.0 Å². The Bertz CT molecular complexity index is 582. The lowest BCUT2D eigenvalue weighted by Crippen LogP contribution is -2.18. The first-order chi connectivity index (χ1) is 11.9. The molecule has 0 nitrogen and oxygen atoms in total. The number of allylic oxidation sites excluding steroid dienone is 4. The van der Waals surface area contributed by atoms with E-state index in [0.717, 1.165) is 23.7 Å². The summed E-state index contributed by atoms with van der Waals surface area (Å²) in [5.74, 6) is 11.4. The summed E-state index contributed by atoms with van der Waals surface area (Å²) < 4.78 is 0. The van der Waals surface area contributed by atoms with E-state index in [2.05, 4.69) is 12.2 Å². The Morgan fingerprint density at radius 3 is 1.46 bits per heavy atom. The van der Waals surface area contributed by atoms with Crippen LogP contribution in [0.3, 0.4) is 0 Å². The normalized spacial score (nSPS) is 59.3. The summed E-state index contributed by atoms with van der Waals surface area (Å²) in [7, 11) is 0. The van der Waals surface area contributed by atoms with Crippen LogP contribution in [0.2, 0.25) is 0 Å². The Hall–Kier alpha value is -0.520. The molecule has 8 rings (SSSR count). The van der Waals surface area contributed by atoms with E-state index in [9.17, 15) is 0 Å². The first-order valence-corrected chi connectivity index (χ1v) is 11.3. The van der Waals surface area contributed by atoms with Crippen LogP contribution in [0.4, 0.5) is 0 Å². The molecule has 0 aromatic heterocycles. The summed E-state index contributed by atoms with van der Waals surface area (Å²) in [6.07, 6.45) is 20.4. The van der Waals surface area contributed by atoms with Crippen molar-refractivity contribution in [3.05, 3.63) is 23.3 Å². The molecule has 6 saturated carbocycles. The molecule has 0 bridgehead atoms. The second-order valence-corrected chi connectivity index (χ2v) is 10.6. The Morgan fingerprint density at radius 2 is 0.958 bits per heavy atom. The van der Waals surface area contributed by atoms with Crippen LogP contribution in [-0.2, 0) is 0 Å². The molecule has 0 radical (unpaired) electrons. The maximum Gasteiger partial charge on any atom is -0.0166 e. The number of rotatable bonds is 0. The molecule has 10 atom stereocenters. The van der Waals surface area contributed by atoms with Crippen molar-refractivity contribution in [2.24, 2.45) is 59.2 Å². The number of hydrogen-bond acceptors (Lipinski definition) is 0. The van der Waals surface area contributed by atoms with Crippen molar-refractivity contribution in [3.8, 4) is 0 Å². The highest BCUT2D eigenvalue weighted by Gasteiger charge is 2.63. The zero-order valence-electron chi connectivity index (χ0n) is 15.0. The molecule has 0 heterocycles. The second kappa shape index (κ2) is 4.60. The van der Waals surface area contributed by atoms with Gasteiger partial charge in [-0.3, -0.25) is 0 Å². The Balaban J connectivity index is 0.0000000937. The van der Waals surface area contributed by atoms with Crippen molar-refractivity contribution in [2.75, 3.05) is 0 Å². The summed E-state index contributed by atoms with van der Waals surface area (Å²) in [4.78, 5) is 0. The number of fused-ring (bicyclic) bond motifs is 12. The smallest absolute Gasteiger partial charge is 0.0166 e. The highest BCUT2D eigenvalue weighted by Crippen LogP contribution is 2.71. The average molecular weight is 321 g/mol. The van der Waals surface area contributed by atoms with Gasteiger partial charge in [0.05, 0.1) is 0 Å². The van der Waals surface area contributed by atoms with Crippen LogP contribution in [0.25, 0.3) is 0 Å². The van der Waals surface area contributed by atoms with Crippen LogP contribution in [0.5, 0.6) is 0 Å². The van der Waals surface area contributed by atoms with E-state index in [0.29, 0.717) is 0 Å². The quantitative estimate of drug-likeness (QED) is 0.480. The standard InChI is InChI=1S/2C12H16/c2*1-2-4-8-7(3-1)9-5-11(9)12-6-10(8)12/h2*3,8-12H,1-2,4-6H2. The highest BCUT2D eigenvalue weighted by atomic mass is 14.7. The molecule has 0 aromatic rings. The fraction of sp³-hybridized carbons (Fsp3) is 0.833. The van der Waals surface area contributed by atoms with Crippen LogP contribution in [0, 0.1) is 59.2 Å². The summed E-state index contributed by atoms with van der Waals surface area (Å²) in [5, 5.41) is 0. The molecule has 8 aliphatic carbocycles. The Morgan fingerprint density at radius 1 is 0.500 bits per heavy atom. The number of hydrogen-bond donors (Lipinski definition) is 0. The third-order valence-electron chi connectivity index (χ3n) is 9.51. The molecule has 0 heteroatoms. The van der Waals surface area contributed by atoms with Gasteiger partial charge in [-0.1, -0.05) is 23.3 Å². The molecule has 0 saturated heterocycles. The third kappa shape index (κ3) is 1.87. The van der Waals surface area contributed by atoms with E-state index in [-0.39, 0.29) is 0 Å². The molecule has 0 aromatic carbocycles. The topological polar surface area (TPSA) is 0 Å². The van der Waals surface area contributed by atoms with Crippen LogP contribution < -0.4 is 0 Å². The lowest BCUT2D eigenvalue weighted by molar-refractivity contribution is 0.368. The van der Waals surface area contributed by atoms with Gasteiger partial charge < -0.3 is 0 Å². The fourth-order valence-corrected chi connectivity index (χ4v) is 8.15. The van der Waals surface area contributed by atoms with Gasteiger partial charge >= 0.3 is 0 Å². The zero-order valence-corrected chi connectivity index (χ0v) is 15.0. The molecule has 0 amide bonds. The molecule has 128 valence electrons. The third-order valence-corrected chi connectivity index (χ3v) is 9.51. The predicted molar refractivity (Wildman–Crippen MR) is 97.2 cm³/mol. The first kappa shape index (κ1) is 13.7. The summed E-state index contributed by atoms with van der Waals surface area (Å²) >= 11 is 0. The minimum atomic E-state index is 1.08. The van der Waals surface area contributed by atoms with Gasteiger partial charge in [-0.05, 0) is 123 Å². The average Bonchev–Trinajstić information content (AvgIpc) is 3.43. The van der Waals surface area contributed by atoms with Crippen LogP contribution in [0.15, 0.2) is 23.3 Å². The van der Waals surface area contributed by atoms with Crippen molar-refractivity contribution in [1.29, 1.82) is 0 Å². The van der Waals surface area contributed by atoms with Crippen molar-refractivity contribution >= 4 is 0 Å². The summed E-state index contributed by atoms with van der Waals surface area (Å²) in [6, 6.07) is 0. The lowest BCUT2D eigenvalue weighted by atomic mass is 9.77. The molecular weight excluding hydrogens is 288 g/mol. The van der Waals surface area contributed by atoms with Gasteiger partial charge in [0.2, 0.25) is 0 Å². The maximum atomic E-state index is 2.60. The monoisotopic (exact) mass is 320 g/mol. The van der Waals surface area contributed by atoms with Gasteiger partial charge in [0, 0.05) is 0 Å². The Labute approximate surface area is 147 Å². The Kier molecular flexibility index (Phi) is 2.62. The van der Waals surface area contributed by atoms with Gasteiger partial charge in [-0.15, -0.1) is 0 Å². The highest BCUT2D eigenvalue weighted by molar-refractivity contribution is 5.31. The summed E-state index contributed by atoms with van der Waals surface area (Å²) in [6.45, 7) is 0. The van der Waals surface area contributed by atoms with E-state index in [4.69, 9.17) is 0 Å². The minimum absolute atomic E-state index is 1.08. The van der Waals surface area contributed by atoms with Gasteiger partial charge in [0.25, 0.3) is 0 Å². The molecule has 6 fully saturated rings. The maximum absolute atomic E-state index is 2.60. The van der Waals surface area contributed by atoms with Gasteiger partial charge in [-0.25, -0.2) is 0 Å². The second-order valence-electron chi connectivity index (χ2n) is 10.6. The van der Waals surface area contributed by atoms with E-state index in [1.54, 1.807) is 25.7 Å². The SMILES string of the molecule is C1=C2C3CC3C3CC3C2CCC1.C1=C2C3CC3C3CC3C2CCC1. The first-order valence-electron chi connectivity index (χ1n) is 11.3. The predicted octanol–water partition coefficient (Wildman–Crippen LogP) is 6.00. The largest absolute Gasteiger partial charge is 0.0847 e. The molecule has 0 aliphatic heterocycles. The van der Waals surface area contributed by atoms with Crippen molar-refractivity contribution in [2.45, 2.75) is 64.2 Å². The molecule has 0 N–H and O–H groups in total. The van der Waals surface area contributed by atoms with E-state index in [1.807, 2.05) is 11.1 Å². The van der Waals surface area contributed by atoms with Gasteiger partial charge in [-0.2, -0.15) is 0 Å². The molecule has 0 spiro atoms. The molecule has 24 heavy (non-hydrogen) atoms. The van der Waals surface area contributed by atoms with E-state index >= 15 is 0 Å². The minimum Gasteiger partial charge on any atom is -0.0847 e. The zero-order chi connectivity index (χ0) is 15.4. The van der Waals surface area contributed by atoms with E-state index < -0.39 is 0 Å². The van der Waals surface area contributed by atoms with Crippen molar-refractivity contribution in [1.82, 2.24) is 0 Å². The van der Waals surface area contributed by atoms with Gasteiger partial charge in [0.15, 0.2) is 0 Å².